The van der Waals surface area contributed by atoms with Crippen LogP contribution in [0.2, 0.25) is 0 Å². The number of methoxy groups -OCH3 is 1. The largest absolute Gasteiger partial charge is 0.468 e. The van der Waals surface area contributed by atoms with Crippen molar-refractivity contribution in [1.82, 2.24) is 5.32 Å². The maximum atomic E-state index is 11.7. The van der Waals surface area contributed by atoms with E-state index in [2.05, 4.69) is 5.32 Å². The molecule has 92 valence electrons. The van der Waals surface area contributed by atoms with Crippen LogP contribution in [-0.2, 0) is 9.53 Å². The summed E-state index contributed by atoms with van der Waals surface area (Å²) in [5, 5.41) is 3.53. The highest BCUT2D eigenvalue weighted by Gasteiger charge is 2.37. The fourth-order valence-corrected chi connectivity index (χ4v) is 2.65. The van der Waals surface area contributed by atoms with Gasteiger partial charge in [-0.3, -0.25) is 4.79 Å². The highest BCUT2D eigenvalue weighted by molar-refractivity contribution is 5.76. The molecular weight excluding hydrogens is 202 g/mol. The van der Waals surface area contributed by atoms with Crippen LogP contribution >= 0.6 is 0 Å². The van der Waals surface area contributed by atoms with Crippen molar-refractivity contribution < 1.29 is 9.53 Å². The van der Waals surface area contributed by atoms with Gasteiger partial charge in [-0.05, 0) is 31.6 Å². The number of esters is 1. The topological polar surface area (TPSA) is 38.3 Å². The predicted molar refractivity (Wildman–Crippen MR) is 63.2 cm³/mol. The van der Waals surface area contributed by atoms with Crippen molar-refractivity contribution in [3.05, 3.63) is 0 Å². The SMILES string of the molecule is COC(=O)C(NC1CCCCCC1)C1CC1. The number of nitrogens with one attached hydrogen (secondary N) is 1. The molecule has 1 N–H and O–H groups in total. The van der Waals surface area contributed by atoms with Gasteiger partial charge >= 0.3 is 5.97 Å². The first-order valence-electron chi connectivity index (χ1n) is 6.65. The molecule has 0 aromatic carbocycles. The van der Waals surface area contributed by atoms with Crippen molar-refractivity contribution in [2.45, 2.75) is 63.5 Å². The second-order valence-corrected chi connectivity index (χ2v) is 5.19. The lowest BCUT2D eigenvalue weighted by Gasteiger charge is -2.23. The van der Waals surface area contributed by atoms with E-state index >= 15 is 0 Å². The summed E-state index contributed by atoms with van der Waals surface area (Å²) in [4.78, 5) is 11.7. The van der Waals surface area contributed by atoms with Crippen LogP contribution in [0.3, 0.4) is 0 Å². The van der Waals surface area contributed by atoms with Crippen molar-refractivity contribution in [2.75, 3.05) is 7.11 Å². The van der Waals surface area contributed by atoms with Gasteiger partial charge in [-0.1, -0.05) is 25.7 Å². The van der Waals surface area contributed by atoms with Crippen LogP contribution in [-0.4, -0.2) is 25.2 Å². The lowest BCUT2D eigenvalue weighted by molar-refractivity contribution is -0.144. The number of hydrogen-bond acceptors (Lipinski definition) is 3. The van der Waals surface area contributed by atoms with E-state index in [1.54, 1.807) is 0 Å². The summed E-state index contributed by atoms with van der Waals surface area (Å²) in [5.41, 5.74) is 0. The summed E-state index contributed by atoms with van der Waals surface area (Å²) >= 11 is 0. The lowest BCUT2D eigenvalue weighted by atomic mass is 10.1. The van der Waals surface area contributed by atoms with Gasteiger partial charge in [0.25, 0.3) is 0 Å². The zero-order valence-electron chi connectivity index (χ0n) is 10.2. The van der Waals surface area contributed by atoms with E-state index in [-0.39, 0.29) is 12.0 Å². The predicted octanol–water partition coefficient (Wildman–Crippen LogP) is 2.25. The van der Waals surface area contributed by atoms with Gasteiger partial charge < -0.3 is 10.1 Å². The molecule has 0 aliphatic heterocycles. The van der Waals surface area contributed by atoms with Gasteiger partial charge in [-0.15, -0.1) is 0 Å². The molecule has 16 heavy (non-hydrogen) atoms. The average molecular weight is 225 g/mol. The van der Waals surface area contributed by atoms with Crippen LogP contribution in [0.15, 0.2) is 0 Å². The fraction of sp³-hybridized carbons (Fsp3) is 0.923. The summed E-state index contributed by atoms with van der Waals surface area (Å²) in [5.74, 6) is 0.474. The molecule has 1 atom stereocenters. The Hall–Kier alpha value is -0.570. The Morgan fingerprint density at radius 1 is 1.12 bits per heavy atom. The Kier molecular flexibility index (Phi) is 4.22. The summed E-state index contributed by atoms with van der Waals surface area (Å²) in [7, 11) is 1.49. The van der Waals surface area contributed by atoms with Crippen molar-refractivity contribution >= 4 is 5.97 Å². The summed E-state index contributed by atoms with van der Waals surface area (Å²) in [6.45, 7) is 0. The second-order valence-electron chi connectivity index (χ2n) is 5.19. The minimum Gasteiger partial charge on any atom is -0.468 e. The van der Waals surface area contributed by atoms with Crippen LogP contribution in [0.25, 0.3) is 0 Å². The molecule has 0 aromatic rings. The van der Waals surface area contributed by atoms with E-state index in [1.165, 1.54) is 58.5 Å². The second kappa shape index (κ2) is 5.67. The van der Waals surface area contributed by atoms with Crippen LogP contribution < -0.4 is 5.32 Å². The van der Waals surface area contributed by atoms with E-state index in [4.69, 9.17) is 4.74 Å². The molecule has 0 radical (unpaired) electrons. The van der Waals surface area contributed by atoms with Gasteiger partial charge in [0, 0.05) is 6.04 Å². The molecule has 2 saturated carbocycles. The third kappa shape index (κ3) is 3.21. The van der Waals surface area contributed by atoms with Crippen molar-refractivity contribution in [3.8, 4) is 0 Å². The van der Waals surface area contributed by atoms with Gasteiger partial charge in [0.15, 0.2) is 0 Å². The number of ether oxygens (including phenoxy) is 1. The molecule has 0 amide bonds. The standard InChI is InChI=1S/C13H23NO2/c1-16-13(15)12(10-8-9-10)14-11-6-4-2-3-5-7-11/h10-12,14H,2-9H2,1H3. The van der Waals surface area contributed by atoms with Gasteiger partial charge in [0.05, 0.1) is 7.11 Å². The van der Waals surface area contributed by atoms with Crippen LogP contribution in [0.5, 0.6) is 0 Å². The summed E-state index contributed by atoms with van der Waals surface area (Å²) < 4.78 is 4.89. The molecule has 3 heteroatoms. The van der Waals surface area contributed by atoms with Crippen LogP contribution in [0.4, 0.5) is 0 Å². The highest BCUT2D eigenvalue weighted by atomic mass is 16.5. The number of carbonyl (C=O) groups is 1. The molecular formula is C13H23NO2. The third-order valence-electron chi connectivity index (χ3n) is 3.82. The van der Waals surface area contributed by atoms with Gasteiger partial charge in [-0.2, -0.15) is 0 Å². The third-order valence-corrected chi connectivity index (χ3v) is 3.82. The molecule has 0 heterocycles. The Balaban J connectivity index is 1.86. The molecule has 0 aromatic heterocycles. The van der Waals surface area contributed by atoms with Crippen LogP contribution in [0, 0.1) is 5.92 Å². The Labute approximate surface area is 97.9 Å². The summed E-state index contributed by atoms with van der Waals surface area (Å²) in [6, 6.07) is 0.500. The zero-order chi connectivity index (χ0) is 11.4. The monoisotopic (exact) mass is 225 g/mol. The first kappa shape index (κ1) is 11.9. The maximum Gasteiger partial charge on any atom is 0.323 e. The zero-order valence-corrected chi connectivity index (χ0v) is 10.2. The van der Waals surface area contributed by atoms with E-state index in [9.17, 15) is 4.79 Å². The first-order chi connectivity index (χ1) is 7.81. The number of carbonyl (C=O) groups excluding carboxylic acids is 1. The Bertz CT molecular complexity index is 230. The minimum atomic E-state index is -0.0632. The van der Waals surface area contributed by atoms with Crippen molar-refractivity contribution in [3.63, 3.8) is 0 Å². The maximum absolute atomic E-state index is 11.7. The van der Waals surface area contributed by atoms with E-state index in [1.807, 2.05) is 0 Å². The smallest absolute Gasteiger partial charge is 0.323 e. The van der Waals surface area contributed by atoms with E-state index in [0.717, 1.165) is 0 Å². The van der Waals surface area contributed by atoms with Gasteiger partial charge in [0.2, 0.25) is 0 Å². The molecule has 2 fully saturated rings. The molecule has 0 saturated heterocycles. The number of hydrogen-bond donors (Lipinski definition) is 1. The normalized spacial score (nSPS) is 24.8. The molecule has 0 spiro atoms. The highest BCUT2D eigenvalue weighted by Crippen LogP contribution is 2.34. The lowest BCUT2D eigenvalue weighted by Crippen LogP contribution is -2.45. The average Bonchev–Trinajstić information content (AvgIpc) is 3.11. The quantitative estimate of drug-likeness (QED) is 0.589. The van der Waals surface area contributed by atoms with Gasteiger partial charge in [0.1, 0.15) is 6.04 Å². The fourth-order valence-electron chi connectivity index (χ4n) is 2.65. The van der Waals surface area contributed by atoms with Crippen LogP contribution in [0.1, 0.15) is 51.4 Å². The first-order valence-corrected chi connectivity index (χ1v) is 6.65. The summed E-state index contributed by atoms with van der Waals surface area (Å²) in [6.07, 6.45) is 10.1. The van der Waals surface area contributed by atoms with Gasteiger partial charge in [-0.25, -0.2) is 0 Å². The van der Waals surface area contributed by atoms with Crippen molar-refractivity contribution in [1.29, 1.82) is 0 Å². The molecule has 2 aliphatic carbocycles. The molecule has 2 rings (SSSR count). The van der Waals surface area contributed by atoms with Crippen molar-refractivity contribution in [2.24, 2.45) is 5.92 Å². The molecule has 0 bridgehead atoms. The Morgan fingerprint density at radius 2 is 1.75 bits per heavy atom. The molecule has 1 unspecified atom stereocenters. The van der Waals surface area contributed by atoms with E-state index < -0.39 is 0 Å². The van der Waals surface area contributed by atoms with E-state index in [0.29, 0.717) is 12.0 Å². The number of rotatable bonds is 4. The minimum absolute atomic E-state index is 0.0342. The molecule has 3 nitrogen and oxygen atoms in total. The molecule has 2 aliphatic rings. The Morgan fingerprint density at radius 3 is 2.25 bits per heavy atom.